The van der Waals surface area contributed by atoms with Gasteiger partial charge in [0.25, 0.3) is 0 Å². The third kappa shape index (κ3) is 4.08. The van der Waals surface area contributed by atoms with Crippen LogP contribution >= 0.6 is 11.6 Å². The molecule has 1 atom stereocenters. The highest BCUT2D eigenvalue weighted by molar-refractivity contribution is 6.33. The molecule has 0 aliphatic rings. The van der Waals surface area contributed by atoms with Gasteiger partial charge in [-0.15, -0.1) is 0 Å². The SMILES string of the molecule is NC(CCc1ccccc1)C(=O)Nc1ccccc1Cl. The van der Waals surface area contributed by atoms with E-state index in [0.717, 1.165) is 6.42 Å². The van der Waals surface area contributed by atoms with E-state index in [-0.39, 0.29) is 5.91 Å². The Balaban J connectivity index is 1.88. The van der Waals surface area contributed by atoms with Crippen LogP contribution in [0, 0.1) is 0 Å². The van der Waals surface area contributed by atoms with Crippen LogP contribution in [0.4, 0.5) is 5.69 Å². The second-order valence-corrected chi connectivity index (χ2v) is 5.01. The number of hydrogen-bond donors (Lipinski definition) is 2. The normalized spacial score (nSPS) is 11.9. The van der Waals surface area contributed by atoms with Gasteiger partial charge in [0, 0.05) is 0 Å². The molecule has 2 rings (SSSR count). The van der Waals surface area contributed by atoms with Gasteiger partial charge in [0.05, 0.1) is 16.8 Å². The first-order chi connectivity index (χ1) is 9.66. The Morgan fingerprint density at radius 1 is 1.10 bits per heavy atom. The maximum atomic E-state index is 12.0. The summed E-state index contributed by atoms with van der Waals surface area (Å²) in [6, 6.07) is 16.5. The summed E-state index contributed by atoms with van der Waals surface area (Å²) in [7, 11) is 0. The zero-order chi connectivity index (χ0) is 14.4. The van der Waals surface area contributed by atoms with Crippen molar-refractivity contribution >= 4 is 23.2 Å². The lowest BCUT2D eigenvalue weighted by Gasteiger charge is -2.13. The number of hydrogen-bond acceptors (Lipinski definition) is 2. The molecule has 1 amide bonds. The minimum atomic E-state index is -0.550. The molecule has 0 radical (unpaired) electrons. The molecule has 20 heavy (non-hydrogen) atoms. The van der Waals surface area contributed by atoms with Crippen LogP contribution < -0.4 is 11.1 Å². The Morgan fingerprint density at radius 3 is 2.45 bits per heavy atom. The zero-order valence-electron chi connectivity index (χ0n) is 11.1. The fraction of sp³-hybridized carbons (Fsp3) is 0.188. The zero-order valence-corrected chi connectivity index (χ0v) is 11.8. The number of rotatable bonds is 5. The second-order valence-electron chi connectivity index (χ2n) is 4.60. The van der Waals surface area contributed by atoms with Crippen molar-refractivity contribution in [1.82, 2.24) is 0 Å². The van der Waals surface area contributed by atoms with Crippen molar-refractivity contribution in [2.75, 3.05) is 5.32 Å². The number of halogens is 1. The third-order valence-electron chi connectivity index (χ3n) is 3.06. The minimum Gasteiger partial charge on any atom is -0.323 e. The molecule has 0 aliphatic carbocycles. The first-order valence-corrected chi connectivity index (χ1v) is 6.89. The van der Waals surface area contributed by atoms with E-state index < -0.39 is 6.04 Å². The van der Waals surface area contributed by atoms with Gasteiger partial charge in [0.1, 0.15) is 0 Å². The summed E-state index contributed by atoms with van der Waals surface area (Å²) >= 11 is 5.99. The van der Waals surface area contributed by atoms with Crippen LogP contribution in [-0.4, -0.2) is 11.9 Å². The number of aryl methyl sites for hydroxylation is 1. The fourth-order valence-corrected chi connectivity index (χ4v) is 2.07. The molecular formula is C16H17ClN2O. The van der Waals surface area contributed by atoms with Crippen LogP contribution in [0.3, 0.4) is 0 Å². The van der Waals surface area contributed by atoms with Gasteiger partial charge in [-0.2, -0.15) is 0 Å². The molecule has 104 valence electrons. The number of para-hydroxylation sites is 1. The van der Waals surface area contributed by atoms with Crippen LogP contribution in [0.25, 0.3) is 0 Å². The van der Waals surface area contributed by atoms with E-state index in [0.29, 0.717) is 17.1 Å². The second kappa shape index (κ2) is 7.08. The van der Waals surface area contributed by atoms with Crippen LogP contribution in [-0.2, 0) is 11.2 Å². The van der Waals surface area contributed by atoms with Crippen LogP contribution in [0.15, 0.2) is 54.6 Å². The van der Waals surface area contributed by atoms with Crippen molar-refractivity contribution in [3.05, 3.63) is 65.2 Å². The van der Waals surface area contributed by atoms with E-state index in [1.54, 1.807) is 12.1 Å². The lowest BCUT2D eigenvalue weighted by atomic mass is 10.1. The number of nitrogens with one attached hydrogen (secondary N) is 1. The molecule has 0 aliphatic heterocycles. The van der Waals surface area contributed by atoms with Gasteiger partial charge in [-0.3, -0.25) is 4.79 Å². The van der Waals surface area contributed by atoms with Gasteiger partial charge >= 0.3 is 0 Å². The van der Waals surface area contributed by atoms with E-state index >= 15 is 0 Å². The highest BCUT2D eigenvalue weighted by Crippen LogP contribution is 2.20. The third-order valence-corrected chi connectivity index (χ3v) is 3.38. The summed E-state index contributed by atoms with van der Waals surface area (Å²) in [5.74, 6) is -0.214. The van der Waals surface area contributed by atoms with Crippen molar-refractivity contribution < 1.29 is 4.79 Å². The highest BCUT2D eigenvalue weighted by Gasteiger charge is 2.14. The molecular weight excluding hydrogens is 272 g/mol. The molecule has 0 saturated heterocycles. The molecule has 1 unspecified atom stereocenters. The van der Waals surface area contributed by atoms with Gasteiger partial charge in [0.2, 0.25) is 5.91 Å². The number of benzene rings is 2. The molecule has 3 N–H and O–H groups in total. The molecule has 0 saturated carbocycles. The van der Waals surface area contributed by atoms with Gasteiger partial charge in [0.15, 0.2) is 0 Å². The molecule has 3 nitrogen and oxygen atoms in total. The molecule has 0 spiro atoms. The van der Waals surface area contributed by atoms with E-state index in [9.17, 15) is 4.79 Å². The van der Waals surface area contributed by atoms with Crippen LogP contribution in [0.2, 0.25) is 5.02 Å². The lowest BCUT2D eigenvalue weighted by Crippen LogP contribution is -2.36. The summed E-state index contributed by atoms with van der Waals surface area (Å²) < 4.78 is 0. The van der Waals surface area contributed by atoms with Gasteiger partial charge in [-0.1, -0.05) is 54.1 Å². The largest absolute Gasteiger partial charge is 0.323 e. The lowest BCUT2D eigenvalue weighted by molar-refractivity contribution is -0.117. The Hall–Kier alpha value is -1.84. The van der Waals surface area contributed by atoms with Crippen LogP contribution in [0.5, 0.6) is 0 Å². The average molecular weight is 289 g/mol. The summed E-state index contributed by atoms with van der Waals surface area (Å²) in [6.45, 7) is 0. The predicted octanol–water partition coefficient (Wildman–Crippen LogP) is 3.24. The summed E-state index contributed by atoms with van der Waals surface area (Å²) in [4.78, 5) is 12.0. The Bertz CT molecular complexity index is 572. The van der Waals surface area contributed by atoms with Gasteiger partial charge in [-0.25, -0.2) is 0 Å². The van der Waals surface area contributed by atoms with Crippen molar-refractivity contribution in [2.24, 2.45) is 5.73 Å². The smallest absolute Gasteiger partial charge is 0.241 e. The van der Waals surface area contributed by atoms with Crippen molar-refractivity contribution in [3.8, 4) is 0 Å². The molecule has 0 aromatic heterocycles. The highest BCUT2D eigenvalue weighted by atomic mass is 35.5. The summed E-state index contributed by atoms with van der Waals surface area (Å²) in [5, 5.41) is 3.26. The van der Waals surface area contributed by atoms with E-state index in [4.69, 9.17) is 17.3 Å². The van der Waals surface area contributed by atoms with Crippen molar-refractivity contribution in [1.29, 1.82) is 0 Å². The topological polar surface area (TPSA) is 55.1 Å². The van der Waals surface area contributed by atoms with Gasteiger partial charge < -0.3 is 11.1 Å². The Morgan fingerprint density at radius 2 is 1.75 bits per heavy atom. The van der Waals surface area contributed by atoms with Gasteiger partial charge in [-0.05, 0) is 30.5 Å². The molecule has 2 aromatic rings. The van der Waals surface area contributed by atoms with Crippen molar-refractivity contribution in [2.45, 2.75) is 18.9 Å². The molecule has 2 aromatic carbocycles. The molecule has 0 fully saturated rings. The quantitative estimate of drug-likeness (QED) is 0.887. The van der Waals surface area contributed by atoms with Crippen LogP contribution in [0.1, 0.15) is 12.0 Å². The molecule has 0 heterocycles. The first kappa shape index (κ1) is 14.6. The molecule has 4 heteroatoms. The standard InChI is InChI=1S/C16H17ClN2O/c17-13-8-4-5-9-15(13)19-16(20)14(18)11-10-12-6-2-1-3-7-12/h1-9,14H,10-11,18H2,(H,19,20). The summed E-state index contributed by atoms with van der Waals surface area (Å²) in [5.41, 5.74) is 7.67. The molecule has 0 bridgehead atoms. The number of anilines is 1. The van der Waals surface area contributed by atoms with E-state index in [1.165, 1.54) is 5.56 Å². The monoisotopic (exact) mass is 288 g/mol. The average Bonchev–Trinajstić information content (AvgIpc) is 2.48. The van der Waals surface area contributed by atoms with E-state index in [1.807, 2.05) is 42.5 Å². The summed E-state index contributed by atoms with van der Waals surface area (Å²) in [6.07, 6.45) is 1.37. The maximum absolute atomic E-state index is 12.0. The first-order valence-electron chi connectivity index (χ1n) is 6.51. The fourth-order valence-electron chi connectivity index (χ4n) is 1.89. The maximum Gasteiger partial charge on any atom is 0.241 e. The number of carbonyl (C=O) groups excluding carboxylic acids is 1. The van der Waals surface area contributed by atoms with E-state index in [2.05, 4.69) is 5.32 Å². The Labute approximate surface area is 123 Å². The predicted molar refractivity (Wildman–Crippen MR) is 82.8 cm³/mol. The number of amides is 1. The Kier molecular flexibility index (Phi) is 5.16. The number of carbonyl (C=O) groups is 1. The number of nitrogens with two attached hydrogens (primary N) is 1. The van der Waals surface area contributed by atoms with Crippen molar-refractivity contribution in [3.63, 3.8) is 0 Å². The minimum absolute atomic E-state index is 0.214.